The molecule has 29 heavy (non-hydrogen) atoms. The topological polar surface area (TPSA) is 67.4 Å². The molecule has 2 N–H and O–H groups in total. The second-order valence-electron chi connectivity index (χ2n) is 5.90. The molecule has 0 aliphatic heterocycles. The van der Waals surface area contributed by atoms with Gasteiger partial charge in [0.25, 0.3) is 11.8 Å². The number of ether oxygens (including phenoxy) is 1. The summed E-state index contributed by atoms with van der Waals surface area (Å²) < 4.78 is 19.1. The summed E-state index contributed by atoms with van der Waals surface area (Å²) in [6.07, 6.45) is 0. The van der Waals surface area contributed by atoms with E-state index >= 15 is 0 Å². The van der Waals surface area contributed by atoms with Crippen LogP contribution >= 0.6 is 23.2 Å². The van der Waals surface area contributed by atoms with E-state index in [1.54, 1.807) is 12.1 Å². The first-order valence-electron chi connectivity index (χ1n) is 8.46. The van der Waals surface area contributed by atoms with Crippen LogP contribution in [-0.2, 0) is 4.79 Å². The van der Waals surface area contributed by atoms with Gasteiger partial charge in [-0.15, -0.1) is 0 Å². The molecule has 0 atom stereocenters. The lowest BCUT2D eigenvalue weighted by molar-refractivity contribution is -0.123. The highest BCUT2D eigenvalue weighted by molar-refractivity contribution is 6.36. The fraction of sp³-hybridized carbons (Fsp3) is 0.0476. The van der Waals surface area contributed by atoms with Crippen LogP contribution in [-0.4, -0.2) is 18.4 Å². The predicted molar refractivity (Wildman–Crippen MR) is 109 cm³/mol. The largest absolute Gasteiger partial charge is 0.483 e. The van der Waals surface area contributed by atoms with E-state index in [2.05, 4.69) is 10.9 Å². The lowest BCUT2D eigenvalue weighted by atomic mass is 10.1. The smallest absolute Gasteiger partial charge is 0.276 e. The Morgan fingerprint density at radius 3 is 2.34 bits per heavy atom. The average molecular weight is 433 g/mol. The van der Waals surface area contributed by atoms with Gasteiger partial charge < -0.3 is 4.74 Å². The van der Waals surface area contributed by atoms with Gasteiger partial charge in [0.05, 0.1) is 15.6 Å². The van der Waals surface area contributed by atoms with Crippen molar-refractivity contribution in [2.24, 2.45) is 0 Å². The van der Waals surface area contributed by atoms with E-state index in [1.807, 2.05) is 42.5 Å². The van der Waals surface area contributed by atoms with Crippen molar-refractivity contribution in [2.45, 2.75) is 0 Å². The van der Waals surface area contributed by atoms with Gasteiger partial charge in [0.15, 0.2) is 6.61 Å². The molecule has 3 aromatic carbocycles. The van der Waals surface area contributed by atoms with Crippen molar-refractivity contribution < 1.29 is 18.7 Å². The minimum atomic E-state index is -0.798. The van der Waals surface area contributed by atoms with Gasteiger partial charge in [-0.05, 0) is 23.8 Å². The third kappa shape index (κ3) is 5.25. The van der Waals surface area contributed by atoms with E-state index < -0.39 is 17.6 Å². The molecule has 0 fully saturated rings. The van der Waals surface area contributed by atoms with E-state index in [0.29, 0.717) is 5.75 Å². The third-order valence-electron chi connectivity index (χ3n) is 3.90. The number of hydrogen-bond acceptors (Lipinski definition) is 3. The summed E-state index contributed by atoms with van der Waals surface area (Å²) in [5.74, 6) is -1.67. The normalized spacial score (nSPS) is 10.3. The first kappa shape index (κ1) is 20.6. The highest BCUT2D eigenvalue weighted by atomic mass is 35.5. The Morgan fingerprint density at radius 2 is 1.59 bits per heavy atom. The van der Waals surface area contributed by atoms with Gasteiger partial charge in [-0.2, -0.15) is 0 Å². The summed E-state index contributed by atoms with van der Waals surface area (Å²) in [4.78, 5) is 24.1. The van der Waals surface area contributed by atoms with Crippen LogP contribution in [0, 0.1) is 5.82 Å². The molecule has 0 heterocycles. The number of carbonyl (C=O) groups is 2. The van der Waals surface area contributed by atoms with Crippen molar-refractivity contribution in [3.8, 4) is 16.9 Å². The summed E-state index contributed by atoms with van der Waals surface area (Å²) in [6, 6.07) is 18.8. The number of para-hydroxylation sites is 1. The standard InChI is InChI=1S/C21H15Cl2FN2O3/c22-16-11-17(23)18(24)10-15(16)21(28)26-25-20(27)12-29-19-9-5-4-8-14(19)13-6-2-1-3-7-13/h1-11H,12H2,(H,25,27)(H,26,28). The lowest BCUT2D eigenvalue weighted by Crippen LogP contribution is -2.44. The Bertz CT molecular complexity index is 1050. The number of amides is 2. The van der Waals surface area contributed by atoms with Crippen molar-refractivity contribution in [1.82, 2.24) is 10.9 Å². The van der Waals surface area contributed by atoms with E-state index in [-0.39, 0.29) is 22.2 Å². The molecule has 0 saturated carbocycles. The number of hydrogen-bond donors (Lipinski definition) is 2. The van der Waals surface area contributed by atoms with Crippen LogP contribution in [0.2, 0.25) is 10.0 Å². The van der Waals surface area contributed by atoms with Gasteiger partial charge in [0.2, 0.25) is 0 Å². The quantitative estimate of drug-likeness (QED) is 0.455. The molecule has 148 valence electrons. The average Bonchev–Trinajstić information content (AvgIpc) is 2.74. The molecule has 2 amide bonds. The van der Waals surface area contributed by atoms with Gasteiger partial charge in [-0.3, -0.25) is 20.4 Å². The van der Waals surface area contributed by atoms with E-state index in [1.165, 1.54) is 0 Å². The highest BCUT2D eigenvalue weighted by Gasteiger charge is 2.15. The van der Waals surface area contributed by atoms with Gasteiger partial charge in [0, 0.05) is 5.56 Å². The zero-order valence-corrected chi connectivity index (χ0v) is 16.4. The maximum absolute atomic E-state index is 13.5. The van der Waals surface area contributed by atoms with Crippen LogP contribution < -0.4 is 15.6 Å². The molecule has 0 unspecified atom stereocenters. The Balaban J connectivity index is 1.59. The van der Waals surface area contributed by atoms with E-state index in [0.717, 1.165) is 23.3 Å². The van der Waals surface area contributed by atoms with Crippen LogP contribution in [0.15, 0.2) is 66.7 Å². The fourth-order valence-corrected chi connectivity index (χ4v) is 2.99. The second-order valence-corrected chi connectivity index (χ2v) is 6.71. The molecule has 0 spiro atoms. The van der Waals surface area contributed by atoms with Crippen molar-refractivity contribution in [1.29, 1.82) is 0 Å². The summed E-state index contributed by atoms with van der Waals surface area (Å²) in [5, 5.41) is -0.253. The Labute approximate surface area is 176 Å². The zero-order chi connectivity index (χ0) is 20.8. The number of halogens is 3. The number of nitrogens with one attached hydrogen (secondary N) is 2. The van der Waals surface area contributed by atoms with Crippen LogP contribution in [0.4, 0.5) is 4.39 Å². The molecule has 8 heteroatoms. The number of carbonyl (C=O) groups excluding carboxylic acids is 2. The first-order chi connectivity index (χ1) is 14.0. The SMILES string of the molecule is O=C(COc1ccccc1-c1ccccc1)NNC(=O)c1cc(F)c(Cl)cc1Cl. The van der Waals surface area contributed by atoms with E-state index in [4.69, 9.17) is 27.9 Å². The summed E-state index contributed by atoms with van der Waals surface area (Å²) in [5.41, 5.74) is 5.96. The van der Waals surface area contributed by atoms with Gasteiger partial charge in [-0.1, -0.05) is 71.7 Å². The molecule has 0 aliphatic carbocycles. The van der Waals surface area contributed by atoms with Crippen LogP contribution in [0.5, 0.6) is 5.75 Å². The molecule has 0 bridgehead atoms. The van der Waals surface area contributed by atoms with Crippen LogP contribution in [0.25, 0.3) is 11.1 Å². The molecule has 0 aromatic heterocycles. The van der Waals surface area contributed by atoms with Gasteiger partial charge in [-0.25, -0.2) is 4.39 Å². The molecule has 0 radical (unpaired) electrons. The zero-order valence-electron chi connectivity index (χ0n) is 14.9. The summed E-state index contributed by atoms with van der Waals surface area (Å²) in [7, 11) is 0. The van der Waals surface area contributed by atoms with Crippen LogP contribution in [0.3, 0.4) is 0 Å². The Morgan fingerprint density at radius 1 is 0.897 bits per heavy atom. The van der Waals surface area contributed by atoms with E-state index in [9.17, 15) is 14.0 Å². The molecule has 0 aliphatic rings. The maximum Gasteiger partial charge on any atom is 0.276 e. The molecular formula is C21H15Cl2FN2O3. The molecule has 0 saturated heterocycles. The first-order valence-corrected chi connectivity index (χ1v) is 9.22. The summed E-state index contributed by atoms with van der Waals surface area (Å²) >= 11 is 11.5. The molecular weight excluding hydrogens is 418 g/mol. The fourth-order valence-electron chi connectivity index (χ4n) is 2.52. The Hall–Kier alpha value is -3.09. The Kier molecular flexibility index (Phi) is 6.69. The monoisotopic (exact) mass is 432 g/mol. The minimum absolute atomic E-state index is 0.0452. The molecule has 5 nitrogen and oxygen atoms in total. The van der Waals surface area contributed by atoms with Crippen molar-refractivity contribution in [3.05, 3.63) is 88.2 Å². The van der Waals surface area contributed by atoms with Crippen molar-refractivity contribution in [2.75, 3.05) is 6.61 Å². The van der Waals surface area contributed by atoms with Crippen molar-refractivity contribution in [3.63, 3.8) is 0 Å². The van der Waals surface area contributed by atoms with Gasteiger partial charge >= 0.3 is 0 Å². The van der Waals surface area contributed by atoms with Gasteiger partial charge in [0.1, 0.15) is 11.6 Å². The predicted octanol–water partition coefficient (Wildman–Crippen LogP) is 4.64. The minimum Gasteiger partial charge on any atom is -0.483 e. The summed E-state index contributed by atoms with van der Waals surface area (Å²) in [6.45, 7) is -0.340. The number of benzene rings is 3. The molecule has 3 rings (SSSR count). The molecule has 3 aromatic rings. The number of hydrazine groups is 1. The third-order valence-corrected chi connectivity index (χ3v) is 4.50. The van der Waals surface area contributed by atoms with Crippen LogP contribution in [0.1, 0.15) is 10.4 Å². The van der Waals surface area contributed by atoms with Crippen molar-refractivity contribution >= 4 is 35.0 Å². The lowest BCUT2D eigenvalue weighted by Gasteiger charge is -2.12. The maximum atomic E-state index is 13.5. The number of rotatable bonds is 5. The highest BCUT2D eigenvalue weighted by Crippen LogP contribution is 2.29. The second kappa shape index (κ2) is 9.41.